The Morgan fingerprint density at radius 3 is 2.67 bits per heavy atom. The quantitative estimate of drug-likeness (QED) is 0.874. The van der Waals surface area contributed by atoms with E-state index in [0.29, 0.717) is 21.4 Å². The molecule has 0 saturated heterocycles. The van der Waals surface area contributed by atoms with E-state index in [1.165, 1.54) is 0 Å². The molecule has 1 atom stereocenters. The van der Waals surface area contributed by atoms with Gasteiger partial charge in [0.15, 0.2) is 0 Å². The van der Waals surface area contributed by atoms with Crippen molar-refractivity contribution < 1.29 is 4.21 Å². The maximum Gasteiger partial charge on any atom is 0.0598 e. The van der Waals surface area contributed by atoms with Gasteiger partial charge in [0, 0.05) is 5.69 Å². The average molecular weight is 280 g/mol. The molecule has 0 bridgehead atoms. The van der Waals surface area contributed by atoms with Gasteiger partial charge in [0.1, 0.15) is 0 Å². The van der Waals surface area contributed by atoms with Gasteiger partial charge in [-0.1, -0.05) is 35.9 Å². The van der Waals surface area contributed by atoms with Crippen LogP contribution in [-0.4, -0.2) is 4.21 Å². The molecule has 0 spiro atoms. The van der Waals surface area contributed by atoms with Crippen molar-refractivity contribution in [2.45, 2.75) is 17.6 Å². The maximum atomic E-state index is 12.3. The number of nitrogen functional groups attached to an aromatic ring is 1. The maximum absolute atomic E-state index is 12.3. The van der Waals surface area contributed by atoms with Crippen molar-refractivity contribution in [1.82, 2.24) is 0 Å². The van der Waals surface area contributed by atoms with Crippen molar-refractivity contribution in [3.8, 4) is 0 Å². The molecule has 0 aliphatic rings. The van der Waals surface area contributed by atoms with Crippen LogP contribution in [0.1, 0.15) is 11.1 Å². The molecule has 0 aromatic heterocycles. The van der Waals surface area contributed by atoms with E-state index in [9.17, 15) is 4.21 Å². The van der Waals surface area contributed by atoms with Gasteiger partial charge in [-0.25, -0.2) is 0 Å². The molecule has 0 saturated carbocycles. The number of hydrogen-bond donors (Lipinski definition) is 1. The lowest BCUT2D eigenvalue weighted by atomic mass is 10.1. The Balaban J connectivity index is 2.28. The zero-order valence-corrected chi connectivity index (χ0v) is 11.6. The topological polar surface area (TPSA) is 43.1 Å². The molecule has 4 heteroatoms. The largest absolute Gasteiger partial charge is 0.399 e. The van der Waals surface area contributed by atoms with Crippen molar-refractivity contribution in [1.29, 1.82) is 0 Å². The van der Waals surface area contributed by atoms with E-state index in [4.69, 9.17) is 17.3 Å². The number of aryl methyl sites for hydroxylation is 1. The molecule has 0 fully saturated rings. The third kappa shape index (κ3) is 2.92. The van der Waals surface area contributed by atoms with Gasteiger partial charge in [0.2, 0.25) is 0 Å². The third-order valence-corrected chi connectivity index (χ3v) is 4.59. The Morgan fingerprint density at radius 1 is 1.22 bits per heavy atom. The van der Waals surface area contributed by atoms with Gasteiger partial charge in [0.25, 0.3) is 0 Å². The minimum absolute atomic E-state index is 0.454. The monoisotopic (exact) mass is 279 g/mol. The molecule has 18 heavy (non-hydrogen) atoms. The highest BCUT2D eigenvalue weighted by molar-refractivity contribution is 7.84. The van der Waals surface area contributed by atoms with E-state index in [2.05, 4.69) is 0 Å². The molecule has 0 aliphatic heterocycles. The highest BCUT2D eigenvalue weighted by atomic mass is 35.5. The second-order valence-corrected chi connectivity index (χ2v) is 5.93. The predicted molar refractivity (Wildman–Crippen MR) is 77.2 cm³/mol. The molecule has 0 aliphatic carbocycles. The van der Waals surface area contributed by atoms with Gasteiger partial charge in [0.05, 0.1) is 26.5 Å². The Bertz CT molecular complexity index is 598. The zero-order chi connectivity index (χ0) is 13.1. The summed E-state index contributed by atoms with van der Waals surface area (Å²) in [4.78, 5) is 0.597. The first-order valence-corrected chi connectivity index (χ1v) is 7.25. The van der Waals surface area contributed by atoms with Crippen LogP contribution < -0.4 is 5.73 Å². The lowest BCUT2D eigenvalue weighted by molar-refractivity contribution is 0.682. The summed E-state index contributed by atoms with van der Waals surface area (Å²) in [5.41, 5.74) is 8.47. The minimum Gasteiger partial charge on any atom is -0.399 e. The summed E-state index contributed by atoms with van der Waals surface area (Å²) in [6.07, 6.45) is 0. The SMILES string of the molecule is Cc1ccccc1CS(=O)c1cc(N)ccc1Cl. The van der Waals surface area contributed by atoms with E-state index in [1.54, 1.807) is 18.2 Å². The molecule has 2 rings (SSSR count). The van der Waals surface area contributed by atoms with Gasteiger partial charge in [-0.05, 0) is 36.2 Å². The fourth-order valence-corrected chi connectivity index (χ4v) is 3.38. The average Bonchev–Trinajstić information content (AvgIpc) is 2.35. The molecule has 2 nitrogen and oxygen atoms in total. The van der Waals surface area contributed by atoms with Crippen LogP contribution in [-0.2, 0) is 16.6 Å². The summed E-state index contributed by atoms with van der Waals surface area (Å²) in [5.74, 6) is 0.454. The van der Waals surface area contributed by atoms with Crippen LogP contribution in [0, 0.1) is 6.92 Å². The molecule has 2 aromatic rings. The molecule has 94 valence electrons. The predicted octanol–water partition coefficient (Wildman–Crippen LogP) is 3.54. The summed E-state index contributed by atoms with van der Waals surface area (Å²) in [6.45, 7) is 2.01. The molecule has 1 unspecified atom stereocenters. The first kappa shape index (κ1) is 13.1. The van der Waals surface area contributed by atoms with Crippen LogP contribution in [0.4, 0.5) is 5.69 Å². The van der Waals surface area contributed by atoms with Crippen molar-refractivity contribution in [2.24, 2.45) is 0 Å². The van der Waals surface area contributed by atoms with Gasteiger partial charge >= 0.3 is 0 Å². The van der Waals surface area contributed by atoms with E-state index in [1.807, 2.05) is 31.2 Å². The fourth-order valence-electron chi connectivity index (χ4n) is 1.69. The van der Waals surface area contributed by atoms with E-state index in [-0.39, 0.29) is 0 Å². The Morgan fingerprint density at radius 2 is 1.94 bits per heavy atom. The van der Waals surface area contributed by atoms with Gasteiger partial charge in [-0.15, -0.1) is 0 Å². The molecule has 0 heterocycles. The summed E-state index contributed by atoms with van der Waals surface area (Å²) < 4.78 is 12.3. The number of halogens is 1. The second kappa shape index (κ2) is 5.55. The van der Waals surface area contributed by atoms with Gasteiger partial charge in [-0.3, -0.25) is 4.21 Å². The normalized spacial score (nSPS) is 12.3. The minimum atomic E-state index is -1.18. The summed E-state index contributed by atoms with van der Waals surface area (Å²) in [6, 6.07) is 13.0. The van der Waals surface area contributed by atoms with Crippen LogP contribution in [0.25, 0.3) is 0 Å². The van der Waals surface area contributed by atoms with Gasteiger partial charge in [-0.2, -0.15) is 0 Å². The summed E-state index contributed by atoms with van der Waals surface area (Å²) in [5, 5.41) is 0.496. The molecular formula is C14H14ClNOS. The zero-order valence-electron chi connectivity index (χ0n) is 10.0. The summed E-state index contributed by atoms with van der Waals surface area (Å²) >= 11 is 6.05. The third-order valence-electron chi connectivity index (χ3n) is 2.75. The smallest absolute Gasteiger partial charge is 0.0598 e. The molecular weight excluding hydrogens is 266 g/mol. The van der Waals surface area contributed by atoms with Crippen molar-refractivity contribution in [2.75, 3.05) is 5.73 Å². The Labute approximate surface area is 114 Å². The van der Waals surface area contributed by atoms with Crippen molar-refractivity contribution in [3.05, 3.63) is 58.6 Å². The first-order chi connectivity index (χ1) is 8.58. The lowest BCUT2D eigenvalue weighted by Gasteiger charge is -2.08. The first-order valence-electron chi connectivity index (χ1n) is 5.56. The van der Waals surface area contributed by atoms with Crippen LogP contribution in [0.15, 0.2) is 47.4 Å². The Hall–Kier alpha value is -1.32. The van der Waals surface area contributed by atoms with E-state index < -0.39 is 10.8 Å². The molecule has 0 amide bonds. The summed E-state index contributed by atoms with van der Waals surface area (Å²) in [7, 11) is -1.18. The molecule has 0 radical (unpaired) electrons. The lowest BCUT2D eigenvalue weighted by Crippen LogP contribution is -2.00. The van der Waals surface area contributed by atoms with Crippen LogP contribution in [0.2, 0.25) is 5.02 Å². The Kier molecular flexibility index (Phi) is 4.04. The molecule has 2 N–H and O–H groups in total. The fraction of sp³-hybridized carbons (Fsp3) is 0.143. The van der Waals surface area contributed by atoms with E-state index in [0.717, 1.165) is 11.1 Å². The van der Waals surface area contributed by atoms with Crippen LogP contribution in [0.5, 0.6) is 0 Å². The second-order valence-electron chi connectivity index (χ2n) is 4.11. The van der Waals surface area contributed by atoms with E-state index >= 15 is 0 Å². The van der Waals surface area contributed by atoms with Crippen molar-refractivity contribution >= 4 is 28.1 Å². The number of anilines is 1. The highest BCUT2D eigenvalue weighted by Gasteiger charge is 2.11. The van der Waals surface area contributed by atoms with Crippen molar-refractivity contribution in [3.63, 3.8) is 0 Å². The number of hydrogen-bond acceptors (Lipinski definition) is 2. The number of benzene rings is 2. The van der Waals surface area contributed by atoms with Crippen LogP contribution >= 0.6 is 11.6 Å². The van der Waals surface area contributed by atoms with Gasteiger partial charge < -0.3 is 5.73 Å². The molecule has 2 aromatic carbocycles. The standard InChI is InChI=1S/C14H14ClNOS/c1-10-4-2-3-5-11(10)9-18(17)14-8-12(16)6-7-13(14)15/h2-8H,9,16H2,1H3. The number of rotatable bonds is 3. The van der Waals surface area contributed by atoms with Crippen LogP contribution in [0.3, 0.4) is 0 Å². The highest BCUT2D eigenvalue weighted by Crippen LogP contribution is 2.24. The number of nitrogens with two attached hydrogens (primary N) is 1.